The summed E-state index contributed by atoms with van der Waals surface area (Å²) in [6.07, 6.45) is -3.26. The van der Waals surface area contributed by atoms with Crippen molar-refractivity contribution in [1.82, 2.24) is 4.98 Å². The summed E-state index contributed by atoms with van der Waals surface area (Å²) in [6, 6.07) is 1.29. The molecule has 1 saturated carbocycles. The molecule has 0 radical (unpaired) electrons. The SMILES string of the molecule is COC(=O)c1ccnc(NC2(C(F)(F)F)CC2)c1N. The van der Waals surface area contributed by atoms with Gasteiger partial charge in [-0.2, -0.15) is 13.2 Å². The first kappa shape index (κ1) is 13.4. The Hall–Kier alpha value is -1.99. The number of esters is 1. The fourth-order valence-corrected chi connectivity index (χ4v) is 1.69. The lowest BCUT2D eigenvalue weighted by Crippen LogP contribution is -2.39. The largest absolute Gasteiger partial charge is 0.465 e. The van der Waals surface area contributed by atoms with E-state index in [0.717, 1.165) is 7.11 Å². The highest BCUT2D eigenvalue weighted by atomic mass is 19.4. The first-order valence-corrected chi connectivity index (χ1v) is 5.48. The fourth-order valence-electron chi connectivity index (χ4n) is 1.69. The van der Waals surface area contributed by atoms with Crippen LogP contribution in [0, 0.1) is 0 Å². The van der Waals surface area contributed by atoms with Gasteiger partial charge in [-0.25, -0.2) is 9.78 Å². The third-order valence-electron chi connectivity index (χ3n) is 3.05. The number of nitrogens with two attached hydrogens (primary N) is 1. The van der Waals surface area contributed by atoms with Crippen molar-refractivity contribution < 1.29 is 22.7 Å². The second-order valence-corrected chi connectivity index (χ2v) is 4.32. The molecule has 3 N–H and O–H groups in total. The Balaban J connectivity index is 2.30. The average molecular weight is 275 g/mol. The monoisotopic (exact) mass is 275 g/mol. The number of carbonyl (C=O) groups excluding carboxylic acids is 1. The van der Waals surface area contributed by atoms with Gasteiger partial charge in [0.05, 0.1) is 18.4 Å². The number of nitrogens with zero attached hydrogens (tertiary/aromatic N) is 1. The lowest BCUT2D eigenvalue weighted by Gasteiger charge is -2.22. The topological polar surface area (TPSA) is 77.2 Å². The molecule has 1 fully saturated rings. The van der Waals surface area contributed by atoms with Gasteiger partial charge in [0.1, 0.15) is 5.54 Å². The first-order chi connectivity index (χ1) is 8.81. The fraction of sp³-hybridized carbons (Fsp3) is 0.455. The number of rotatable bonds is 3. The van der Waals surface area contributed by atoms with Gasteiger partial charge in [0.2, 0.25) is 0 Å². The maximum absolute atomic E-state index is 12.8. The summed E-state index contributed by atoms with van der Waals surface area (Å²) in [6.45, 7) is 0. The van der Waals surface area contributed by atoms with Gasteiger partial charge in [0.15, 0.2) is 5.82 Å². The summed E-state index contributed by atoms with van der Waals surface area (Å²) in [4.78, 5) is 15.1. The zero-order valence-corrected chi connectivity index (χ0v) is 10.0. The number of hydrogen-bond acceptors (Lipinski definition) is 5. The number of carbonyl (C=O) groups is 1. The smallest absolute Gasteiger partial charge is 0.411 e. The van der Waals surface area contributed by atoms with E-state index >= 15 is 0 Å². The third kappa shape index (κ3) is 2.29. The van der Waals surface area contributed by atoms with Gasteiger partial charge < -0.3 is 15.8 Å². The minimum Gasteiger partial charge on any atom is -0.465 e. The van der Waals surface area contributed by atoms with Crippen molar-refractivity contribution in [3.63, 3.8) is 0 Å². The molecule has 0 amide bonds. The molecule has 0 atom stereocenters. The van der Waals surface area contributed by atoms with Gasteiger partial charge in [-0.1, -0.05) is 0 Å². The Labute approximate surface area is 106 Å². The molecule has 5 nitrogen and oxygen atoms in total. The number of ether oxygens (including phenoxy) is 1. The Bertz CT molecular complexity index is 512. The first-order valence-electron chi connectivity index (χ1n) is 5.48. The number of nitrogen functional groups attached to an aromatic ring is 1. The van der Waals surface area contributed by atoms with Crippen LogP contribution in [0.2, 0.25) is 0 Å². The zero-order valence-electron chi connectivity index (χ0n) is 10.0. The summed E-state index contributed by atoms with van der Waals surface area (Å²) in [5.41, 5.74) is 3.50. The summed E-state index contributed by atoms with van der Waals surface area (Å²) in [5.74, 6) is -0.877. The third-order valence-corrected chi connectivity index (χ3v) is 3.05. The van der Waals surface area contributed by atoms with E-state index in [2.05, 4.69) is 15.0 Å². The van der Waals surface area contributed by atoms with Gasteiger partial charge in [0, 0.05) is 6.20 Å². The average Bonchev–Trinajstić information content (AvgIpc) is 3.11. The molecule has 1 aliphatic carbocycles. The highest BCUT2D eigenvalue weighted by molar-refractivity contribution is 5.97. The number of halogens is 3. The highest BCUT2D eigenvalue weighted by Gasteiger charge is 2.63. The highest BCUT2D eigenvalue weighted by Crippen LogP contribution is 2.51. The van der Waals surface area contributed by atoms with E-state index in [9.17, 15) is 18.0 Å². The maximum atomic E-state index is 12.8. The summed E-state index contributed by atoms with van der Waals surface area (Å²) in [5, 5.41) is 2.29. The molecular weight excluding hydrogens is 263 g/mol. The van der Waals surface area contributed by atoms with Crippen molar-refractivity contribution in [2.45, 2.75) is 24.6 Å². The van der Waals surface area contributed by atoms with E-state index in [1.165, 1.54) is 12.3 Å². The van der Waals surface area contributed by atoms with Crippen LogP contribution in [0.15, 0.2) is 12.3 Å². The minimum atomic E-state index is -4.39. The molecule has 0 aromatic carbocycles. The summed E-state index contributed by atoms with van der Waals surface area (Å²) < 4.78 is 42.9. The maximum Gasteiger partial charge on any atom is 0.411 e. The van der Waals surface area contributed by atoms with Gasteiger partial charge in [-0.05, 0) is 18.9 Å². The lowest BCUT2D eigenvalue weighted by atomic mass is 10.2. The van der Waals surface area contributed by atoms with E-state index < -0.39 is 17.7 Å². The molecular formula is C11H12F3N3O2. The van der Waals surface area contributed by atoms with Crippen LogP contribution in [0.5, 0.6) is 0 Å². The van der Waals surface area contributed by atoms with Crippen molar-refractivity contribution >= 4 is 17.5 Å². The molecule has 0 unspecified atom stereocenters. The quantitative estimate of drug-likeness (QED) is 0.824. The van der Waals surface area contributed by atoms with Gasteiger partial charge in [-0.15, -0.1) is 0 Å². The van der Waals surface area contributed by atoms with Crippen LogP contribution in [0.25, 0.3) is 0 Å². The number of aromatic nitrogens is 1. The second-order valence-electron chi connectivity index (χ2n) is 4.32. The molecule has 1 heterocycles. The van der Waals surface area contributed by atoms with Crippen LogP contribution in [-0.2, 0) is 4.74 Å². The van der Waals surface area contributed by atoms with E-state index in [1.54, 1.807) is 0 Å². The summed E-state index contributed by atoms with van der Waals surface area (Å²) in [7, 11) is 1.16. The Morgan fingerprint density at radius 2 is 2.16 bits per heavy atom. The van der Waals surface area contributed by atoms with Gasteiger partial charge >= 0.3 is 12.1 Å². The van der Waals surface area contributed by atoms with Crippen molar-refractivity contribution in [2.24, 2.45) is 0 Å². The van der Waals surface area contributed by atoms with Crippen LogP contribution in [0.4, 0.5) is 24.7 Å². The predicted molar refractivity (Wildman–Crippen MR) is 61.6 cm³/mol. The van der Waals surface area contributed by atoms with Gasteiger partial charge in [0.25, 0.3) is 0 Å². The number of hydrogen-bond donors (Lipinski definition) is 2. The van der Waals surface area contributed by atoms with Crippen LogP contribution in [-0.4, -0.2) is 29.8 Å². The van der Waals surface area contributed by atoms with E-state index in [4.69, 9.17) is 5.73 Å². The number of anilines is 2. The molecule has 19 heavy (non-hydrogen) atoms. The molecule has 0 saturated heterocycles. The lowest BCUT2D eigenvalue weighted by molar-refractivity contribution is -0.151. The van der Waals surface area contributed by atoms with Crippen molar-refractivity contribution in [1.29, 1.82) is 0 Å². The van der Waals surface area contributed by atoms with Crippen molar-refractivity contribution in [3.05, 3.63) is 17.8 Å². The summed E-state index contributed by atoms with van der Waals surface area (Å²) >= 11 is 0. The zero-order chi connectivity index (χ0) is 14.3. The van der Waals surface area contributed by atoms with Crippen molar-refractivity contribution in [2.75, 3.05) is 18.2 Å². The van der Waals surface area contributed by atoms with Crippen LogP contribution in [0.1, 0.15) is 23.2 Å². The number of methoxy groups -OCH3 is 1. The van der Waals surface area contributed by atoms with Crippen molar-refractivity contribution in [3.8, 4) is 0 Å². The van der Waals surface area contributed by atoms with E-state index in [0.29, 0.717) is 0 Å². The molecule has 0 spiro atoms. The van der Waals surface area contributed by atoms with Crippen LogP contribution < -0.4 is 11.1 Å². The number of pyridine rings is 1. The molecule has 1 aliphatic rings. The molecule has 0 aliphatic heterocycles. The number of nitrogens with one attached hydrogen (secondary N) is 1. The predicted octanol–water partition coefficient (Wildman–Crippen LogP) is 1.96. The van der Waals surface area contributed by atoms with E-state index in [1.807, 2.05) is 0 Å². The Morgan fingerprint density at radius 1 is 1.53 bits per heavy atom. The Kier molecular flexibility index (Phi) is 3.03. The van der Waals surface area contributed by atoms with E-state index in [-0.39, 0.29) is 29.9 Å². The Morgan fingerprint density at radius 3 is 2.63 bits per heavy atom. The number of alkyl halides is 3. The van der Waals surface area contributed by atoms with Crippen LogP contribution in [0.3, 0.4) is 0 Å². The molecule has 1 aromatic heterocycles. The molecule has 2 rings (SSSR count). The molecule has 104 valence electrons. The second kappa shape index (κ2) is 4.29. The minimum absolute atomic E-state index is 0.0158. The van der Waals surface area contributed by atoms with Crippen LogP contribution >= 0.6 is 0 Å². The molecule has 8 heteroatoms. The molecule has 0 bridgehead atoms. The van der Waals surface area contributed by atoms with Gasteiger partial charge in [-0.3, -0.25) is 0 Å². The molecule has 1 aromatic rings. The standard InChI is InChI=1S/C11H12F3N3O2/c1-19-9(18)6-2-5-16-8(7(6)15)17-10(3-4-10)11(12,13)14/h2,5H,3-4,15H2,1H3,(H,16,17). The normalized spacial score (nSPS) is 16.8.